The van der Waals surface area contributed by atoms with Crippen LogP contribution in [0.4, 0.5) is 5.69 Å². The predicted octanol–water partition coefficient (Wildman–Crippen LogP) is 3.41. The fraction of sp³-hybridized carbons (Fsp3) is 0.263. The number of nitrogens with two attached hydrogens (primary N) is 1. The maximum atomic E-state index is 11.6. The fourth-order valence-electron chi connectivity index (χ4n) is 2.60. The maximum absolute atomic E-state index is 11.6. The minimum Gasteiger partial charge on any atom is -0.330 e. The Morgan fingerprint density at radius 3 is 2.58 bits per heavy atom. The zero-order valence-electron chi connectivity index (χ0n) is 14.0. The summed E-state index contributed by atoms with van der Waals surface area (Å²) in [6.45, 7) is 4.70. The lowest BCUT2D eigenvalue weighted by Crippen LogP contribution is -2.16. The number of benzene rings is 1. The van der Waals surface area contributed by atoms with Gasteiger partial charge in [-0.1, -0.05) is 38.1 Å². The Morgan fingerprint density at radius 2 is 1.92 bits per heavy atom. The van der Waals surface area contributed by atoms with Gasteiger partial charge in [-0.25, -0.2) is 4.98 Å². The first-order valence-corrected chi connectivity index (χ1v) is 8.16. The molecule has 5 nitrogen and oxygen atoms in total. The van der Waals surface area contributed by atoms with Gasteiger partial charge in [0.1, 0.15) is 5.65 Å². The summed E-state index contributed by atoms with van der Waals surface area (Å²) in [4.78, 5) is 16.3. The van der Waals surface area contributed by atoms with E-state index in [0.717, 1.165) is 22.6 Å². The summed E-state index contributed by atoms with van der Waals surface area (Å²) in [6, 6.07) is 12.2. The van der Waals surface area contributed by atoms with Crippen molar-refractivity contribution in [1.29, 1.82) is 0 Å². The number of imidazole rings is 1. The van der Waals surface area contributed by atoms with Crippen LogP contribution in [0.1, 0.15) is 31.7 Å². The van der Waals surface area contributed by atoms with Crippen molar-refractivity contribution < 1.29 is 4.79 Å². The second kappa shape index (κ2) is 6.84. The number of carbonyl (C=O) groups excluding carboxylic acids is 1. The van der Waals surface area contributed by atoms with E-state index in [-0.39, 0.29) is 5.91 Å². The van der Waals surface area contributed by atoms with E-state index in [4.69, 9.17) is 5.73 Å². The van der Waals surface area contributed by atoms with Crippen molar-refractivity contribution in [3.8, 4) is 11.3 Å². The van der Waals surface area contributed by atoms with Crippen LogP contribution in [0.3, 0.4) is 0 Å². The summed E-state index contributed by atoms with van der Waals surface area (Å²) in [5.41, 5.74) is 10.3. The molecule has 24 heavy (non-hydrogen) atoms. The van der Waals surface area contributed by atoms with Crippen LogP contribution in [0.25, 0.3) is 16.9 Å². The molecule has 0 aliphatic rings. The first-order valence-electron chi connectivity index (χ1n) is 8.16. The van der Waals surface area contributed by atoms with E-state index in [2.05, 4.69) is 48.4 Å². The maximum Gasteiger partial charge on any atom is 0.225 e. The van der Waals surface area contributed by atoms with Crippen LogP contribution in [-0.4, -0.2) is 21.8 Å². The van der Waals surface area contributed by atoms with Gasteiger partial charge < -0.3 is 15.5 Å². The van der Waals surface area contributed by atoms with E-state index in [9.17, 15) is 4.79 Å². The Bertz CT molecular complexity index is 849. The number of nitrogens with one attached hydrogen (secondary N) is 1. The van der Waals surface area contributed by atoms with Crippen molar-refractivity contribution in [2.75, 3.05) is 11.9 Å². The lowest BCUT2D eigenvalue weighted by molar-refractivity contribution is -0.116. The third kappa shape index (κ3) is 3.46. The number of aromatic nitrogens is 2. The molecule has 0 bridgehead atoms. The second-order valence-corrected chi connectivity index (χ2v) is 6.17. The first kappa shape index (κ1) is 16.2. The van der Waals surface area contributed by atoms with Crippen LogP contribution >= 0.6 is 0 Å². The van der Waals surface area contributed by atoms with E-state index in [1.807, 2.05) is 28.9 Å². The van der Waals surface area contributed by atoms with Crippen molar-refractivity contribution in [3.05, 3.63) is 54.4 Å². The predicted molar refractivity (Wildman–Crippen MR) is 97.0 cm³/mol. The van der Waals surface area contributed by atoms with E-state index in [0.29, 0.717) is 18.9 Å². The normalized spacial score (nSPS) is 11.2. The quantitative estimate of drug-likeness (QED) is 0.756. The molecule has 0 radical (unpaired) electrons. The van der Waals surface area contributed by atoms with E-state index in [1.165, 1.54) is 5.56 Å². The van der Waals surface area contributed by atoms with Gasteiger partial charge in [-0.15, -0.1) is 0 Å². The molecular formula is C19H22N4O. The molecule has 124 valence electrons. The highest BCUT2D eigenvalue weighted by molar-refractivity contribution is 5.90. The fourth-order valence-corrected chi connectivity index (χ4v) is 2.60. The minimum absolute atomic E-state index is 0.0820. The van der Waals surface area contributed by atoms with Gasteiger partial charge in [-0.3, -0.25) is 4.79 Å². The number of hydrogen-bond acceptors (Lipinski definition) is 3. The third-order valence-electron chi connectivity index (χ3n) is 3.98. The third-order valence-corrected chi connectivity index (χ3v) is 3.98. The number of amides is 1. The molecule has 2 aromatic heterocycles. The molecule has 3 rings (SSSR count). The summed E-state index contributed by atoms with van der Waals surface area (Å²) in [7, 11) is 0. The van der Waals surface area contributed by atoms with Crippen molar-refractivity contribution in [2.24, 2.45) is 5.73 Å². The van der Waals surface area contributed by atoms with Crippen molar-refractivity contribution in [2.45, 2.75) is 26.2 Å². The highest BCUT2D eigenvalue weighted by Gasteiger charge is 2.07. The number of anilines is 1. The highest BCUT2D eigenvalue weighted by atomic mass is 16.1. The highest BCUT2D eigenvalue weighted by Crippen LogP contribution is 2.23. The van der Waals surface area contributed by atoms with Gasteiger partial charge in [0.25, 0.3) is 0 Å². The molecular weight excluding hydrogens is 300 g/mol. The Balaban J connectivity index is 1.86. The van der Waals surface area contributed by atoms with E-state index >= 15 is 0 Å². The summed E-state index contributed by atoms with van der Waals surface area (Å²) >= 11 is 0. The molecule has 0 saturated heterocycles. The molecule has 3 aromatic rings. The Kier molecular flexibility index (Phi) is 4.62. The molecule has 1 aromatic carbocycles. The summed E-state index contributed by atoms with van der Waals surface area (Å²) in [5, 5.41) is 2.84. The lowest BCUT2D eigenvalue weighted by atomic mass is 10.0. The zero-order valence-corrected chi connectivity index (χ0v) is 14.0. The molecule has 0 fully saturated rings. The molecule has 0 aliphatic heterocycles. The number of hydrogen-bond donors (Lipinski definition) is 2. The second-order valence-electron chi connectivity index (χ2n) is 6.17. The molecule has 0 atom stereocenters. The Morgan fingerprint density at radius 1 is 1.17 bits per heavy atom. The van der Waals surface area contributed by atoms with Crippen LogP contribution in [-0.2, 0) is 4.79 Å². The van der Waals surface area contributed by atoms with E-state index < -0.39 is 0 Å². The average Bonchev–Trinajstić information content (AvgIpc) is 2.98. The SMILES string of the molecule is CC(C)c1ccc(-c2cn3cc(NC(=O)CCN)ccc3n2)cc1. The van der Waals surface area contributed by atoms with Gasteiger partial charge in [0, 0.05) is 30.9 Å². The van der Waals surface area contributed by atoms with Crippen LogP contribution in [0.5, 0.6) is 0 Å². The lowest BCUT2D eigenvalue weighted by Gasteiger charge is -2.05. The molecule has 0 unspecified atom stereocenters. The van der Waals surface area contributed by atoms with Gasteiger partial charge in [-0.2, -0.15) is 0 Å². The average molecular weight is 322 g/mol. The monoisotopic (exact) mass is 322 g/mol. The largest absolute Gasteiger partial charge is 0.330 e. The Labute approximate surface area is 141 Å². The molecule has 0 spiro atoms. The van der Waals surface area contributed by atoms with Gasteiger partial charge in [0.2, 0.25) is 5.91 Å². The van der Waals surface area contributed by atoms with E-state index in [1.54, 1.807) is 0 Å². The number of pyridine rings is 1. The molecule has 2 heterocycles. The standard InChI is InChI=1S/C19H22N4O/c1-13(2)14-3-5-15(6-4-14)17-12-23-11-16(7-8-18(23)22-17)21-19(24)9-10-20/h3-8,11-13H,9-10,20H2,1-2H3,(H,21,24). The summed E-state index contributed by atoms with van der Waals surface area (Å²) in [5.74, 6) is 0.432. The minimum atomic E-state index is -0.0820. The van der Waals surface area contributed by atoms with Crippen molar-refractivity contribution in [1.82, 2.24) is 9.38 Å². The van der Waals surface area contributed by atoms with Gasteiger partial charge in [-0.05, 0) is 23.6 Å². The molecule has 0 aliphatic carbocycles. The van der Waals surface area contributed by atoms with Gasteiger partial charge in [0.15, 0.2) is 0 Å². The van der Waals surface area contributed by atoms with Gasteiger partial charge >= 0.3 is 0 Å². The van der Waals surface area contributed by atoms with Crippen LogP contribution < -0.4 is 11.1 Å². The summed E-state index contributed by atoms with van der Waals surface area (Å²) < 4.78 is 1.92. The zero-order chi connectivity index (χ0) is 17.1. The number of carbonyl (C=O) groups is 1. The first-order chi connectivity index (χ1) is 11.6. The molecule has 0 saturated carbocycles. The topological polar surface area (TPSA) is 72.4 Å². The van der Waals surface area contributed by atoms with Crippen molar-refractivity contribution >= 4 is 17.2 Å². The number of fused-ring (bicyclic) bond motifs is 1. The van der Waals surface area contributed by atoms with Crippen molar-refractivity contribution in [3.63, 3.8) is 0 Å². The van der Waals surface area contributed by atoms with Gasteiger partial charge in [0.05, 0.1) is 11.4 Å². The molecule has 1 amide bonds. The Hall–Kier alpha value is -2.66. The summed E-state index contributed by atoms with van der Waals surface area (Å²) in [6.07, 6.45) is 4.15. The van der Waals surface area contributed by atoms with Crippen LogP contribution in [0.2, 0.25) is 0 Å². The smallest absolute Gasteiger partial charge is 0.225 e. The molecule has 3 N–H and O–H groups in total. The number of nitrogens with zero attached hydrogens (tertiary/aromatic N) is 2. The van der Waals surface area contributed by atoms with Crippen LogP contribution in [0.15, 0.2) is 48.8 Å². The number of rotatable bonds is 5. The molecule has 5 heteroatoms. The van der Waals surface area contributed by atoms with Crippen LogP contribution in [0, 0.1) is 0 Å².